The SMILES string of the molecule is CCCC[C@H]1CC[C@H](c2cnc(-c3ccc(OC(=O)c4ccc(C#N)cc4)cc3)nc2)CC1. The van der Waals surface area contributed by atoms with E-state index in [0.29, 0.717) is 28.6 Å². The topological polar surface area (TPSA) is 75.9 Å². The molecule has 5 nitrogen and oxygen atoms in total. The van der Waals surface area contributed by atoms with Crippen LogP contribution >= 0.6 is 0 Å². The maximum atomic E-state index is 12.3. The van der Waals surface area contributed by atoms with Gasteiger partial charge in [-0.3, -0.25) is 0 Å². The van der Waals surface area contributed by atoms with Gasteiger partial charge in [-0.05, 0) is 91.6 Å². The molecule has 0 saturated heterocycles. The Labute approximate surface area is 195 Å². The number of nitriles is 1. The molecule has 0 atom stereocenters. The van der Waals surface area contributed by atoms with Crippen LogP contribution in [0.15, 0.2) is 60.9 Å². The molecule has 0 radical (unpaired) electrons. The molecule has 1 aromatic heterocycles. The zero-order chi connectivity index (χ0) is 23.0. The second kappa shape index (κ2) is 10.9. The third-order valence-corrected chi connectivity index (χ3v) is 6.53. The van der Waals surface area contributed by atoms with Gasteiger partial charge < -0.3 is 4.74 Å². The van der Waals surface area contributed by atoms with E-state index < -0.39 is 5.97 Å². The number of carbonyl (C=O) groups excluding carboxylic acids is 1. The van der Waals surface area contributed by atoms with Crippen molar-refractivity contribution in [1.82, 2.24) is 9.97 Å². The Hall–Kier alpha value is -3.52. The summed E-state index contributed by atoms with van der Waals surface area (Å²) in [6, 6.07) is 15.6. The van der Waals surface area contributed by atoms with Gasteiger partial charge >= 0.3 is 5.97 Å². The fraction of sp³-hybridized carbons (Fsp3) is 0.357. The number of ether oxygens (including phenoxy) is 1. The second-order valence-electron chi connectivity index (χ2n) is 8.80. The average molecular weight is 440 g/mol. The third-order valence-electron chi connectivity index (χ3n) is 6.53. The van der Waals surface area contributed by atoms with E-state index in [9.17, 15) is 4.79 Å². The number of aromatic nitrogens is 2. The van der Waals surface area contributed by atoms with Crippen molar-refractivity contribution < 1.29 is 9.53 Å². The molecule has 0 unspecified atom stereocenters. The van der Waals surface area contributed by atoms with E-state index in [-0.39, 0.29) is 0 Å². The number of nitrogens with zero attached hydrogens (tertiary/aromatic N) is 3. The lowest BCUT2D eigenvalue weighted by Crippen LogP contribution is -2.13. The van der Waals surface area contributed by atoms with E-state index >= 15 is 0 Å². The first kappa shape index (κ1) is 22.7. The van der Waals surface area contributed by atoms with Crippen molar-refractivity contribution in [1.29, 1.82) is 5.26 Å². The van der Waals surface area contributed by atoms with Gasteiger partial charge in [-0.15, -0.1) is 0 Å². The van der Waals surface area contributed by atoms with Crippen molar-refractivity contribution >= 4 is 5.97 Å². The van der Waals surface area contributed by atoms with Gasteiger partial charge in [-0.1, -0.05) is 26.2 Å². The minimum atomic E-state index is -0.461. The molecule has 5 heteroatoms. The molecule has 3 aromatic rings. The van der Waals surface area contributed by atoms with E-state index in [2.05, 4.69) is 16.9 Å². The van der Waals surface area contributed by atoms with E-state index in [1.165, 1.54) is 50.5 Å². The zero-order valence-corrected chi connectivity index (χ0v) is 19.0. The molecular formula is C28H29N3O2. The molecule has 1 fully saturated rings. The molecule has 1 saturated carbocycles. The van der Waals surface area contributed by atoms with Crippen molar-refractivity contribution in [2.75, 3.05) is 0 Å². The van der Waals surface area contributed by atoms with Gasteiger partial charge in [0.2, 0.25) is 0 Å². The predicted octanol–water partition coefficient (Wildman–Crippen LogP) is 6.70. The van der Waals surface area contributed by atoms with Crippen LogP contribution in [0.5, 0.6) is 5.75 Å². The summed E-state index contributed by atoms with van der Waals surface area (Å²) in [5, 5.41) is 8.86. The molecule has 168 valence electrons. The van der Waals surface area contributed by atoms with Crippen LogP contribution < -0.4 is 4.74 Å². The molecular weight excluding hydrogens is 410 g/mol. The zero-order valence-electron chi connectivity index (χ0n) is 19.0. The Morgan fingerprint density at radius 2 is 1.67 bits per heavy atom. The summed E-state index contributed by atoms with van der Waals surface area (Å²) < 4.78 is 5.43. The highest BCUT2D eigenvalue weighted by Crippen LogP contribution is 2.37. The molecule has 0 bridgehead atoms. The lowest BCUT2D eigenvalue weighted by atomic mass is 9.78. The number of benzene rings is 2. The third kappa shape index (κ3) is 5.84. The molecule has 1 heterocycles. The Morgan fingerprint density at radius 3 is 2.27 bits per heavy atom. The standard InChI is InChI=1S/C28H29N3O2/c1-2-3-4-20-5-9-22(10-6-20)25-18-30-27(31-19-25)23-13-15-26(16-14-23)33-28(32)24-11-7-21(17-29)8-12-24/h7-8,11-16,18-20,22H,2-6,9-10H2,1H3/t20-,22-. The molecule has 0 spiro atoms. The summed E-state index contributed by atoms with van der Waals surface area (Å²) in [6.07, 6.45) is 13.0. The minimum Gasteiger partial charge on any atom is -0.423 e. The molecule has 0 amide bonds. The number of esters is 1. The fourth-order valence-electron chi connectivity index (χ4n) is 4.49. The highest BCUT2D eigenvalue weighted by molar-refractivity contribution is 5.91. The molecule has 4 rings (SSSR count). The highest BCUT2D eigenvalue weighted by atomic mass is 16.5. The second-order valence-corrected chi connectivity index (χ2v) is 8.80. The van der Waals surface area contributed by atoms with Crippen LogP contribution in [-0.4, -0.2) is 15.9 Å². The fourth-order valence-corrected chi connectivity index (χ4v) is 4.49. The summed E-state index contributed by atoms with van der Waals surface area (Å²) in [5.41, 5.74) is 3.02. The summed E-state index contributed by atoms with van der Waals surface area (Å²) in [5.74, 6) is 2.12. The normalized spacial score (nSPS) is 17.8. The number of unbranched alkanes of at least 4 members (excludes halogenated alkanes) is 1. The van der Waals surface area contributed by atoms with Crippen LogP contribution in [0.25, 0.3) is 11.4 Å². The van der Waals surface area contributed by atoms with Crippen LogP contribution in [0.1, 0.15) is 79.3 Å². The van der Waals surface area contributed by atoms with Crippen molar-refractivity contribution in [2.24, 2.45) is 5.92 Å². The van der Waals surface area contributed by atoms with Crippen LogP contribution in [0.4, 0.5) is 0 Å². The molecule has 0 N–H and O–H groups in total. The van der Waals surface area contributed by atoms with Crippen molar-refractivity contribution in [3.05, 3.63) is 77.6 Å². The lowest BCUT2D eigenvalue weighted by molar-refractivity contribution is 0.0735. The van der Waals surface area contributed by atoms with Crippen LogP contribution in [0.3, 0.4) is 0 Å². The Kier molecular flexibility index (Phi) is 7.47. The molecule has 1 aliphatic rings. The van der Waals surface area contributed by atoms with Crippen molar-refractivity contribution in [3.8, 4) is 23.2 Å². The minimum absolute atomic E-state index is 0.399. The van der Waals surface area contributed by atoms with Gasteiger partial charge in [0.15, 0.2) is 5.82 Å². The first-order valence-electron chi connectivity index (χ1n) is 11.8. The van der Waals surface area contributed by atoms with Crippen LogP contribution in [0.2, 0.25) is 0 Å². The first-order valence-corrected chi connectivity index (χ1v) is 11.8. The number of rotatable bonds is 7. The summed E-state index contributed by atoms with van der Waals surface area (Å²) >= 11 is 0. The summed E-state index contributed by atoms with van der Waals surface area (Å²) in [7, 11) is 0. The van der Waals surface area contributed by atoms with Crippen molar-refractivity contribution in [3.63, 3.8) is 0 Å². The van der Waals surface area contributed by atoms with Gasteiger partial charge in [0, 0.05) is 18.0 Å². The van der Waals surface area contributed by atoms with Crippen LogP contribution in [0, 0.1) is 17.2 Å². The van der Waals surface area contributed by atoms with Gasteiger partial charge in [-0.25, -0.2) is 14.8 Å². The summed E-state index contributed by atoms with van der Waals surface area (Å²) in [4.78, 5) is 21.5. The molecule has 1 aliphatic carbocycles. The smallest absolute Gasteiger partial charge is 0.343 e. The number of hydrogen-bond donors (Lipinski definition) is 0. The van der Waals surface area contributed by atoms with Gasteiger partial charge in [-0.2, -0.15) is 5.26 Å². The molecule has 2 aromatic carbocycles. The Bertz CT molecular complexity index is 1090. The van der Waals surface area contributed by atoms with Crippen LogP contribution in [-0.2, 0) is 0 Å². The average Bonchev–Trinajstić information content (AvgIpc) is 2.88. The van der Waals surface area contributed by atoms with E-state index in [0.717, 1.165) is 11.5 Å². The largest absolute Gasteiger partial charge is 0.423 e. The number of carbonyl (C=O) groups is 1. The Balaban J connectivity index is 1.34. The van der Waals surface area contributed by atoms with E-state index in [1.54, 1.807) is 36.4 Å². The first-order chi connectivity index (χ1) is 16.2. The predicted molar refractivity (Wildman–Crippen MR) is 128 cm³/mol. The molecule has 0 aliphatic heterocycles. The van der Waals surface area contributed by atoms with E-state index in [4.69, 9.17) is 10.00 Å². The quantitative estimate of drug-likeness (QED) is 0.302. The maximum absolute atomic E-state index is 12.3. The van der Waals surface area contributed by atoms with Gasteiger partial charge in [0.1, 0.15) is 5.75 Å². The Morgan fingerprint density at radius 1 is 1.00 bits per heavy atom. The lowest BCUT2D eigenvalue weighted by Gasteiger charge is -2.28. The summed E-state index contributed by atoms with van der Waals surface area (Å²) in [6.45, 7) is 2.27. The van der Waals surface area contributed by atoms with Gasteiger partial charge in [0.05, 0.1) is 17.2 Å². The molecule has 33 heavy (non-hydrogen) atoms. The van der Waals surface area contributed by atoms with Crippen molar-refractivity contribution in [2.45, 2.75) is 57.8 Å². The maximum Gasteiger partial charge on any atom is 0.343 e. The number of hydrogen-bond acceptors (Lipinski definition) is 5. The van der Waals surface area contributed by atoms with E-state index in [1.807, 2.05) is 30.6 Å². The monoisotopic (exact) mass is 439 g/mol. The van der Waals surface area contributed by atoms with Gasteiger partial charge in [0.25, 0.3) is 0 Å². The highest BCUT2D eigenvalue weighted by Gasteiger charge is 2.22.